The van der Waals surface area contributed by atoms with E-state index < -0.39 is 22.0 Å². The standard InChI is InChI=1S/C17H20N2O4S/c1-12-8-10-14(11-9-12)24(21,22)19-13(2)17(20)18-15-6-4-5-7-16(15)23-3/h4-11,13,19H,1-3H3,(H,18,20)/t13-/m1/s1. The van der Waals surface area contributed by atoms with Crippen molar-refractivity contribution in [3.63, 3.8) is 0 Å². The minimum Gasteiger partial charge on any atom is -0.495 e. The Kier molecular flexibility index (Phi) is 5.58. The first-order valence-electron chi connectivity index (χ1n) is 7.36. The molecule has 1 atom stereocenters. The first-order chi connectivity index (χ1) is 11.3. The van der Waals surface area contributed by atoms with Crippen molar-refractivity contribution in [2.24, 2.45) is 0 Å². The van der Waals surface area contributed by atoms with E-state index in [1.54, 1.807) is 36.4 Å². The van der Waals surface area contributed by atoms with Crippen molar-refractivity contribution in [2.75, 3.05) is 12.4 Å². The topological polar surface area (TPSA) is 84.5 Å². The molecule has 24 heavy (non-hydrogen) atoms. The third-order valence-corrected chi connectivity index (χ3v) is 4.98. The SMILES string of the molecule is COc1ccccc1NC(=O)[C@@H](C)NS(=O)(=O)c1ccc(C)cc1. The Morgan fingerprint density at radius 2 is 1.71 bits per heavy atom. The molecule has 0 spiro atoms. The summed E-state index contributed by atoms with van der Waals surface area (Å²) in [5.74, 6) is 0.0228. The lowest BCUT2D eigenvalue weighted by Gasteiger charge is -2.16. The monoisotopic (exact) mass is 348 g/mol. The van der Waals surface area contributed by atoms with E-state index in [1.807, 2.05) is 6.92 Å². The molecule has 1 amide bonds. The van der Waals surface area contributed by atoms with Gasteiger partial charge < -0.3 is 10.1 Å². The fourth-order valence-corrected chi connectivity index (χ4v) is 3.26. The zero-order valence-corrected chi connectivity index (χ0v) is 14.6. The Balaban J connectivity index is 2.09. The molecule has 2 aromatic carbocycles. The third kappa shape index (κ3) is 4.33. The summed E-state index contributed by atoms with van der Waals surface area (Å²) in [5.41, 5.74) is 1.43. The molecule has 0 radical (unpaired) electrons. The van der Waals surface area contributed by atoms with E-state index in [2.05, 4.69) is 10.0 Å². The van der Waals surface area contributed by atoms with Crippen LogP contribution in [0.15, 0.2) is 53.4 Å². The molecule has 0 saturated carbocycles. The normalized spacial score (nSPS) is 12.5. The summed E-state index contributed by atoms with van der Waals surface area (Å²) >= 11 is 0. The number of anilines is 1. The third-order valence-electron chi connectivity index (χ3n) is 3.42. The molecular formula is C17H20N2O4S. The van der Waals surface area contributed by atoms with Crippen LogP contribution in [0.5, 0.6) is 5.75 Å². The van der Waals surface area contributed by atoms with Crippen LogP contribution in [0.4, 0.5) is 5.69 Å². The second-order valence-corrected chi connectivity index (χ2v) is 7.06. The maximum absolute atomic E-state index is 12.3. The zero-order valence-electron chi connectivity index (χ0n) is 13.7. The van der Waals surface area contributed by atoms with Crippen molar-refractivity contribution in [1.82, 2.24) is 4.72 Å². The van der Waals surface area contributed by atoms with Gasteiger partial charge in [-0.15, -0.1) is 0 Å². The van der Waals surface area contributed by atoms with Crippen molar-refractivity contribution < 1.29 is 17.9 Å². The number of nitrogens with one attached hydrogen (secondary N) is 2. The summed E-state index contributed by atoms with van der Waals surface area (Å²) in [6.07, 6.45) is 0. The van der Waals surface area contributed by atoms with E-state index in [0.717, 1.165) is 5.56 Å². The molecule has 128 valence electrons. The maximum atomic E-state index is 12.3. The number of para-hydroxylation sites is 2. The average Bonchev–Trinajstić information content (AvgIpc) is 2.55. The molecule has 0 fully saturated rings. The summed E-state index contributed by atoms with van der Waals surface area (Å²) in [6.45, 7) is 3.35. The van der Waals surface area contributed by atoms with Crippen LogP contribution in [0.1, 0.15) is 12.5 Å². The molecule has 0 unspecified atom stereocenters. The van der Waals surface area contributed by atoms with E-state index in [1.165, 1.54) is 26.2 Å². The van der Waals surface area contributed by atoms with Gasteiger partial charge in [0.05, 0.1) is 23.7 Å². The van der Waals surface area contributed by atoms with Gasteiger partial charge in [-0.3, -0.25) is 4.79 Å². The first-order valence-corrected chi connectivity index (χ1v) is 8.84. The lowest BCUT2D eigenvalue weighted by atomic mass is 10.2. The molecule has 0 aliphatic heterocycles. The van der Waals surface area contributed by atoms with Crippen LogP contribution in [0.25, 0.3) is 0 Å². The Morgan fingerprint density at radius 1 is 1.08 bits per heavy atom. The zero-order chi connectivity index (χ0) is 17.7. The highest BCUT2D eigenvalue weighted by atomic mass is 32.2. The summed E-state index contributed by atoms with van der Waals surface area (Å²) < 4.78 is 32.2. The summed E-state index contributed by atoms with van der Waals surface area (Å²) in [7, 11) is -2.28. The van der Waals surface area contributed by atoms with Gasteiger partial charge in [0.25, 0.3) is 0 Å². The summed E-state index contributed by atoms with van der Waals surface area (Å²) in [4.78, 5) is 12.4. The number of methoxy groups -OCH3 is 1. The van der Waals surface area contributed by atoms with Crippen LogP contribution in [-0.2, 0) is 14.8 Å². The highest BCUT2D eigenvalue weighted by molar-refractivity contribution is 7.89. The number of ether oxygens (including phenoxy) is 1. The second-order valence-electron chi connectivity index (χ2n) is 5.35. The van der Waals surface area contributed by atoms with Crippen LogP contribution in [0, 0.1) is 6.92 Å². The maximum Gasteiger partial charge on any atom is 0.242 e. The molecule has 2 aromatic rings. The lowest BCUT2D eigenvalue weighted by Crippen LogP contribution is -2.41. The molecule has 2 N–H and O–H groups in total. The van der Waals surface area contributed by atoms with E-state index in [-0.39, 0.29) is 4.90 Å². The number of hydrogen-bond donors (Lipinski definition) is 2. The first kappa shape index (κ1) is 18.0. The molecule has 0 saturated heterocycles. The number of amides is 1. The van der Waals surface area contributed by atoms with Gasteiger partial charge in [-0.05, 0) is 38.1 Å². The molecule has 0 aliphatic rings. The van der Waals surface area contributed by atoms with Gasteiger partial charge >= 0.3 is 0 Å². The molecule has 2 rings (SSSR count). The largest absolute Gasteiger partial charge is 0.495 e. The smallest absolute Gasteiger partial charge is 0.242 e. The summed E-state index contributed by atoms with van der Waals surface area (Å²) in [5, 5.41) is 2.65. The molecule has 0 aromatic heterocycles. The lowest BCUT2D eigenvalue weighted by molar-refractivity contribution is -0.117. The predicted molar refractivity (Wildman–Crippen MR) is 92.6 cm³/mol. The minimum atomic E-state index is -3.77. The molecule has 7 heteroatoms. The second kappa shape index (κ2) is 7.46. The number of hydrogen-bond acceptors (Lipinski definition) is 4. The Labute approximate surface area is 141 Å². The minimum absolute atomic E-state index is 0.116. The molecule has 6 nitrogen and oxygen atoms in total. The number of carbonyl (C=O) groups is 1. The van der Waals surface area contributed by atoms with Crippen LogP contribution in [0.2, 0.25) is 0 Å². The van der Waals surface area contributed by atoms with Crippen molar-refractivity contribution in [2.45, 2.75) is 24.8 Å². The fourth-order valence-electron chi connectivity index (χ4n) is 2.06. The Morgan fingerprint density at radius 3 is 2.33 bits per heavy atom. The van der Waals surface area contributed by atoms with E-state index in [9.17, 15) is 13.2 Å². The highest BCUT2D eigenvalue weighted by Gasteiger charge is 2.22. The van der Waals surface area contributed by atoms with Crippen LogP contribution >= 0.6 is 0 Å². The van der Waals surface area contributed by atoms with Gasteiger partial charge in [0, 0.05) is 0 Å². The van der Waals surface area contributed by atoms with Gasteiger partial charge in [-0.25, -0.2) is 8.42 Å². The van der Waals surface area contributed by atoms with Crippen LogP contribution < -0.4 is 14.8 Å². The quantitative estimate of drug-likeness (QED) is 0.839. The number of aryl methyl sites for hydroxylation is 1. The molecular weight excluding hydrogens is 328 g/mol. The van der Waals surface area contributed by atoms with Crippen molar-refractivity contribution >= 4 is 21.6 Å². The van der Waals surface area contributed by atoms with Gasteiger partial charge in [0.15, 0.2) is 0 Å². The number of sulfonamides is 1. The molecule has 0 bridgehead atoms. The van der Waals surface area contributed by atoms with Crippen molar-refractivity contribution in [3.05, 3.63) is 54.1 Å². The number of rotatable bonds is 6. The fraction of sp³-hybridized carbons (Fsp3) is 0.235. The van der Waals surface area contributed by atoms with Crippen LogP contribution in [-0.4, -0.2) is 27.5 Å². The van der Waals surface area contributed by atoms with Crippen LogP contribution in [0.3, 0.4) is 0 Å². The van der Waals surface area contributed by atoms with Crippen molar-refractivity contribution in [3.8, 4) is 5.75 Å². The van der Waals surface area contributed by atoms with E-state index >= 15 is 0 Å². The van der Waals surface area contributed by atoms with E-state index in [0.29, 0.717) is 11.4 Å². The summed E-state index contributed by atoms with van der Waals surface area (Å²) in [6, 6.07) is 12.4. The molecule has 0 heterocycles. The van der Waals surface area contributed by atoms with Gasteiger partial charge in [-0.2, -0.15) is 4.72 Å². The predicted octanol–water partition coefficient (Wildman–Crippen LogP) is 2.31. The van der Waals surface area contributed by atoms with Gasteiger partial charge in [0.2, 0.25) is 15.9 Å². The molecule has 0 aliphatic carbocycles. The van der Waals surface area contributed by atoms with Crippen molar-refractivity contribution in [1.29, 1.82) is 0 Å². The Hall–Kier alpha value is -2.38. The van der Waals surface area contributed by atoms with E-state index in [4.69, 9.17) is 4.74 Å². The average molecular weight is 348 g/mol. The number of benzene rings is 2. The highest BCUT2D eigenvalue weighted by Crippen LogP contribution is 2.23. The number of carbonyl (C=O) groups excluding carboxylic acids is 1. The van der Waals surface area contributed by atoms with Gasteiger partial charge in [-0.1, -0.05) is 29.8 Å². The Bertz CT molecular complexity index is 817. The van der Waals surface area contributed by atoms with Gasteiger partial charge in [0.1, 0.15) is 5.75 Å².